The molecule has 2 atom stereocenters. The fourth-order valence-corrected chi connectivity index (χ4v) is 3.70. The molecule has 2 aliphatic rings. The van der Waals surface area contributed by atoms with Crippen LogP contribution in [0.1, 0.15) is 61.0 Å². The number of aromatic nitrogens is 2. The molecule has 0 aromatic carbocycles. The van der Waals surface area contributed by atoms with Gasteiger partial charge in [-0.25, -0.2) is 0 Å². The Labute approximate surface area is 142 Å². The van der Waals surface area contributed by atoms with Gasteiger partial charge in [-0.05, 0) is 32.6 Å². The van der Waals surface area contributed by atoms with Gasteiger partial charge in [-0.15, -0.1) is 0 Å². The van der Waals surface area contributed by atoms with Gasteiger partial charge in [-0.3, -0.25) is 14.7 Å². The molecule has 0 aliphatic carbocycles. The topological polar surface area (TPSA) is 87.3 Å². The number of likely N-dealkylation sites (tertiary alicyclic amines) is 1. The quantitative estimate of drug-likeness (QED) is 0.875. The summed E-state index contributed by atoms with van der Waals surface area (Å²) >= 11 is 0. The van der Waals surface area contributed by atoms with Crippen LogP contribution in [0.3, 0.4) is 0 Å². The van der Waals surface area contributed by atoms with Gasteiger partial charge in [0, 0.05) is 38.5 Å². The third-order valence-electron chi connectivity index (χ3n) is 5.09. The molecule has 2 amide bonds. The van der Waals surface area contributed by atoms with Gasteiger partial charge in [-0.2, -0.15) is 5.10 Å². The number of hydrogen-bond donors (Lipinski definition) is 2. The van der Waals surface area contributed by atoms with Gasteiger partial charge in [0.25, 0.3) is 5.91 Å². The molecule has 7 heteroatoms. The number of H-pyrrole nitrogens is 1. The molecule has 0 bridgehead atoms. The summed E-state index contributed by atoms with van der Waals surface area (Å²) in [5, 5.41) is 9.93. The zero-order chi connectivity index (χ0) is 17.3. The maximum absolute atomic E-state index is 12.9. The molecule has 7 nitrogen and oxygen atoms in total. The third kappa shape index (κ3) is 3.31. The Morgan fingerprint density at radius 2 is 2.04 bits per heavy atom. The lowest BCUT2D eigenvalue weighted by Gasteiger charge is -2.32. The van der Waals surface area contributed by atoms with Crippen molar-refractivity contribution in [3.8, 4) is 0 Å². The van der Waals surface area contributed by atoms with Crippen LogP contribution in [0.4, 0.5) is 0 Å². The van der Waals surface area contributed by atoms with E-state index in [0.717, 1.165) is 24.1 Å². The van der Waals surface area contributed by atoms with E-state index < -0.39 is 0 Å². The van der Waals surface area contributed by atoms with Crippen LogP contribution >= 0.6 is 0 Å². The highest BCUT2D eigenvalue weighted by molar-refractivity contribution is 5.94. The van der Waals surface area contributed by atoms with Crippen LogP contribution in [0.5, 0.6) is 0 Å². The number of amides is 2. The Bertz CT molecular complexity index is 619. The van der Waals surface area contributed by atoms with Crippen molar-refractivity contribution >= 4 is 11.8 Å². The van der Waals surface area contributed by atoms with Crippen LogP contribution < -0.4 is 5.32 Å². The van der Waals surface area contributed by atoms with Gasteiger partial charge in [0.05, 0.1) is 17.9 Å². The SMILES string of the molecule is CNC(=O)CC1CCN(C(=O)c2n[nH]c3c2C[C@H](C)O[C@@H]3C)CC1. The number of rotatable bonds is 3. The van der Waals surface area contributed by atoms with E-state index in [-0.39, 0.29) is 24.0 Å². The first-order valence-electron chi connectivity index (χ1n) is 8.72. The molecule has 1 aromatic heterocycles. The Balaban J connectivity index is 1.65. The molecule has 3 rings (SSSR count). The molecule has 0 saturated carbocycles. The molecule has 24 heavy (non-hydrogen) atoms. The molecule has 1 saturated heterocycles. The minimum Gasteiger partial charge on any atom is -0.369 e. The predicted molar refractivity (Wildman–Crippen MR) is 88.6 cm³/mol. The second kappa shape index (κ2) is 6.93. The second-order valence-electron chi connectivity index (χ2n) is 6.87. The third-order valence-corrected chi connectivity index (χ3v) is 5.09. The summed E-state index contributed by atoms with van der Waals surface area (Å²) in [7, 11) is 1.66. The van der Waals surface area contributed by atoms with E-state index in [0.29, 0.717) is 37.5 Å². The first-order chi connectivity index (χ1) is 11.5. The van der Waals surface area contributed by atoms with Crippen LogP contribution in [0.25, 0.3) is 0 Å². The van der Waals surface area contributed by atoms with Crippen LogP contribution in [0.15, 0.2) is 0 Å². The van der Waals surface area contributed by atoms with Gasteiger partial charge in [0.15, 0.2) is 5.69 Å². The zero-order valence-corrected chi connectivity index (χ0v) is 14.6. The molecule has 2 aliphatic heterocycles. The van der Waals surface area contributed by atoms with Crippen LogP contribution in [-0.4, -0.2) is 53.2 Å². The fourth-order valence-electron chi connectivity index (χ4n) is 3.70. The highest BCUT2D eigenvalue weighted by Gasteiger charge is 2.32. The number of ether oxygens (including phenoxy) is 1. The van der Waals surface area contributed by atoms with Crippen molar-refractivity contribution in [2.75, 3.05) is 20.1 Å². The second-order valence-corrected chi connectivity index (χ2v) is 6.87. The average Bonchev–Trinajstić information content (AvgIpc) is 2.98. The molecule has 0 unspecified atom stereocenters. The van der Waals surface area contributed by atoms with Crippen molar-refractivity contribution in [3.63, 3.8) is 0 Å². The highest BCUT2D eigenvalue weighted by Crippen LogP contribution is 2.31. The van der Waals surface area contributed by atoms with Gasteiger partial charge < -0.3 is 15.0 Å². The van der Waals surface area contributed by atoms with E-state index in [1.54, 1.807) is 7.05 Å². The minimum atomic E-state index is -0.0592. The first-order valence-corrected chi connectivity index (χ1v) is 8.72. The zero-order valence-electron chi connectivity index (χ0n) is 14.6. The minimum absolute atomic E-state index is 0.00723. The van der Waals surface area contributed by atoms with Crippen LogP contribution in [0.2, 0.25) is 0 Å². The summed E-state index contributed by atoms with van der Waals surface area (Å²) in [4.78, 5) is 26.2. The highest BCUT2D eigenvalue weighted by atomic mass is 16.5. The monoisotopic (exact) mass is 334 g/mol. The van der Waals surface area contributed by atoms with E-state index in [9.17, 15) is 9.59 Å². The van der Waals surface area contributed by atoms with Crippen molar-refractivity contribution in [3.05, 3.63) is 17.0 Å². The van der Waals surface area contributed by atoms with Gasteiger partial charge in [0.1, 0.15) is 0 Å². The molecule has 3 heterocycles. The number of carbonyl (C=O) groups is 2. The number of carbonyl (C=O) groups excluding carboxylic acids is 2. The van der Waals surface area contributed by atoms with Crippen molar-refractivity contribution in [2.24, 2.45) is 5.92 Å². The Morgan fingerprint density at radius 1 is 1.33 bits per heavy atom. The molecular formula is C17H26N4O3. The Hall–Kier alpha value is -1.89. The van der Waals surface area contributed by atoms with Crippen molar-refractivity contribution in [2.45, 2.75) is 51.7 Å². The molecular weight excluding hydrogens is 308 g/mol. The molecule has 1 fully saturated rings. The first kappa shape index (κ1) is 17.0. The molecule has 0 radical (unpaired) electrons. The van der Waals surface area contributed by atoms with Crippen molar-refractivity contribution < 1.29 is 14.3 Å². The summed E-state index contributed by atoms with van der Waals surface area (Å²) in [6, 6.07) is 0. The summed E-state index contributed by atoms with van der Waals surface area (Å²) < 4.78 is 5.78. The van der Waals surface area contributed by atoms with E-state index in [1.165, 1.54) is 0 Å². The summed E-state index contributed by atoms with van der Waals surface area (Å²) in [6.07, 6.45) is 3.02. The van der Waals surface area contributed by atoms with Crippen LogP contribution in [0, 0.1) is 5.92 Å². The molecule has 2 N–H and O–H groups in total. The summed E-state index contributed by atoms with van der Waals surface area (Å²) in [6.45, 7) is 5.36. The molecule has 132 valence electrons. The predicted octanol–water partition coefficient (Wildman–Crippen LogP) is 1.42. The fraction of sp³-hybridized carbons (Fsp3) is 0.706. The number of nitrogens with one attached hydrogen (secondary N) is 2. The Morgan fingerprint density at radius 3 is 2.71 bits per heavy atom. The maximum atomic E-state index is 12.9. The normalized spacial score (nSPS) is 24.5. The number of aromatic amines is 1. The smallest absolute Gasteiger partial charge is 0.274 e. The lowest BCUT2D eigenvalue weighted by Crippen LogP contribution is -2.40. The molecule has 0 spiro atoms. The van der Waals surface area contributed by atoms with Crippen molar-refractivity contribution in [1.29, 1.82) is 0 Å². The summed E-state index contributed by atoms with van der Waals surface area (Å²) in [5.41, 5.74) is 2.46. The van der Waals surface area contributed by atoms with Crippen LogP contribution in [-0.2, 0) is 16.0 Å². The standard InChI is InChI=1S/C17H26N4O3/c1-10-8-13-15(11(2)24-10)19-20-16(13)17(23)21-6-4-12(5-7-21)9-14(22)18-3/h10-12H,4-9H2,1-3H3,(H,18,22)(H,19,20)/t10-,11+/m0/s1. The largest absolute Gasteiger partial charge is 0.369 e. The number of nitrogens with zero attached hydrogens (tertiary/aromatic N) is 2. The van der Waals surface area contributed by atoms with E-state index in [4.69, 9.17) is 4.74 Å². The van der Waals surface area contributed by atoms with Crippen molar-refractivity contribution in [1.82, 2.24) is 20.4 Å². The van der Waals surface area contributed by atoms with E-state index in [2.05, 4.69) is 15.5 Å². The van der Waals surface area contributed by atoms with Gasteiger partial charge >= 0.3 is 0 Å². The summed E-state index contributed by atoms with van der Waals surface area (Å²) in [5.74, 6) is 0.423. The molecule has 1 aromatic rings. The average molecular weight is 334 g/mol. The lowest BCUT2D eigenvalue weighted by molar-refractivity contribution is -0.121. The lowest BCUT2D eigenvalue weighted by atomic mass is 9.92. The number of hydrogen-bond acceptors (Lipinski definition) is 4. The van der Waals surface area contributed by atoms with Gasteiger partial charge in [0.2, 0.25) is 5.91 Å². The van der Waals surface area contributed by atoms with Gasteiger partial charge in [-0.1, -0.05) is 0 Å². The van der Waals surface area contributed by atoms with E-state index in [1.807, 2.05) is 18.7 Å². The Kier molecular flexibility index (Phi) is 4.89. The van der Waals surface area contributed by atoms with E-state index >= 15 is 0 Å². The maximum Gasteiger partial charge on any atom is 0.274 e. The number of fused-ring (bicyclic) bond motifs is 1. The number of piperidine rings is 1.